The number of benzene rings is 1. The number of likely N-dealkylation sites (tertiary alicyclic amines) is 1. The number of rotatable bonds is 3. The van der Waals surface area contributed by atoms with E-state index in [2.05, 4.69) is 35.6 Å². The molecule has 4 heteroatoms. The van der Waals surface area contributed by atoms with E-state index in [1.165, 1.54) is 12.0 Å². The lowest BCUT2D eigenvalue weighted by Gasteiger charge is -2.35. The Kier molecular flexibility index (Phi) is 5.14. The second kappa shape index (κ2) is 7.14. The fourth-order valence-electron chi connectivity index (χ4n) is 4.00. The highest BCUT2D eigenvalue weighted by Gasteiger charge is 2.39. The van der Waals surface area contributed by atoms with Crippen LogP contribution in [0.1, 0.15) is 45.6 Å². The Morgan fingerprint density at radius 1 is 1.21 bits per heavy atom. The first kappa shape index (κ1) is 17.3. The topological polar surface area (TPSA) is 41.6 Å². The number of hydrogen-bond donors (Lipinski definition) is 1. The molecule has 132 valence electrons. The molecule has 1 aliphatic heterocycles. The van der Waals surface area contributed by atoms with Crippen LogP contribution in [0.2, 0.25) is 0 Å². The number of carbonyl (C=O) groups excluding carboxylic acids is 1. The van der Waals surface area contributed by atoms with Crippen molar-refractivity contribution in [3.8, 4) is 0 Å². The molecule has 0 bridgehead atoms. The highest BCUT2D eigenvalue weighted by atomic mass is 16.6. The maximum atomic E-state index is 12.3. The van der Waals surface area contributed by atoms with E-state index in [-0.39, 0.29) is 6.09 Å². The van der Waals surface area contributed by atoms with Gasteiger partial charge in [0, 0.05) is 25.7 Å². The van der Waals surface area contributed by atoms with Gasteiger partial charge in [-0.05, 0) is 57.4 Å². The van der Waals surface area contributed by atoms with Crippen LogP contribution in [0, 0.1) is 11.8 Å². The molecule has 3 rings (SSSR count). The lowest BCUT2D eigenvalue weighted by Crippen LogP contribution is -2.44. The summed E-state index contributed by atoms with van der Waals surface area (Å²) in [5, 5.41) is 3.70. The van der Waals surface area contributed by atoms with Crippen molar-refractivity contribution in [3.05, 3.63) is 35.9 Å². The van der Waals surface area contributed by atoms with Gasteiger partial charge in [-0.25, -0.2) is 4.79 Å². The zero-order chi connectivity index (χ0) is 17.2. The monoisotopic (exact) mass is 330 g/mol. The predicted molar refractivity (Wildman–Crippen MR) is 95.7 cm³/mol. The van der Waals surface area contributed by atoms with Crippen molar-refractivity contribution in [1.29, 1.82) is 0 Å². The molecule has 0 spiro atoms. The number of carbonyl (C=O) groups is 1. The number of piperidine rings is 1. The van der Waals surface area contributed by atoms with Gasteiger partial charge in [-0.1, -0.05) is 30.3 Å². The van der Waals surface area contributed by atoms with Crippen LogP contribution in [0.5, 0.6) is 0 Å². The molecule has 24 heavy (non-hydrogen) atoms. The van der Waals surface area contributed by atoms with Crippen LogP contribution in [-0.2, 0) is 11.3 Å². The van der Waals surface area contributed by atoms with Gasteiger partial charge in [-0.2, -0.15) is 0 Å². The summed E-state index contributed by atoms with van der Waals surface area (Å²) >= 11 is 0. The molecule has 2 fully saturated rings. The lowest BCUT2D eigenvalue weighted by atomic mass is 9.89. The first-order valence-corrected chi connectivity index (χ1v) is 9.16. The maximum Gasteiger partial charge on any atom is 0.410 e. The molecule has 3 atom stereocenters. The standard InChI is InChI=1S/C20H30N2O2/c1-20(2,3)24-19(23)22-10-9-16-11-18(12-17(16)14-22)21-13-15-7-5-4-6-8-15/h4-8,16-18,21H,9-14H2,1-3H3/t16-,17-,18+/m0/s1. The van der Waals surface area contributed by atoms with E-state index in [9.17, 15) is 4.79 Å². The van der Waals surface area contributed by atoms with Gasteiger partial charge in [0.2, 0.25) is 0 Å². The van der Waals surface area contributed by atoms with E-state index in [1.54, 1.807) is 0 Å². The first-order chi connectivity index (χ1) is 11.4. The number of amides is 1. The third-order valence-electron chi connectivity index (χ3n) is 5.16. The zero-order valence-corrected chi connectivity index (χ0v) is 15.1. The summed E-state index contributed by atoms with van der Waals surface area (Å²) < 4.78 is 5.53. The van der Waals surface area contributed by atoms with Crippen molar-refractivity contribution >= 4 is 6.09 Å². The second-order valence-electron chi connectivity index (χ2n) is 8.27. The molecule has 1 N–H and O–H groups in total. The van der Waals surface area contributed by atoms with Gasteiger partial charge in [0.1, 0.15) is 5.60 Å². The average molecular weight is 330 g/mol. The molecular formula is C20H30N2O2. The second-order valence-corrected chi connectivity index (χ2v) is 8.27. The van der Waals surface area contributed by atoms with Crippen molar-refractivity contribution in [2.75, 3.05) is 13.1 Å². The zero-order valence-electron chi connectivity index (χ0n) is 15.1. The van der Waals surface area contributed by atoms with Crippen molar-refractivity contribution in [2.24, 2.45) is 11.8 Å². The SMILES string of the molecule is CC(C)(C)OC(=O)N1CC[C@H]2C[C@@H](NCc3ccccc3)C[C@H]2C1. The quantitative estimate of drug-likeness (QED) is 0.916. The summed E-state index contributed by atoms with van der Waals surface area (Å²) in [5.41, 5.74) is 0.923. The summed E-state index contributed by atoms with van der Waals surface area (Å²) in [7, 11) is 0. The van der Waals surface area contributed by atoms with E-state index >= 15 is 0 Å². The van der Waals surface area contributed by atoms with Gasteiger partial charge >= 0.3 is 6.09 Å². The summed E-state index contributed by atoms with van der Waals surface area (Å²) in [6, 6.07) is 11.1. The first-order valence-electron chi connectivity index (χ1n) is 9.16. The van der Waals surface area contributed by atoms with E-state index in [0.717, 1.165) is 38.4 Å². The normalized spacial score (nSPS) is 27.0. The largest absolute Gasteiger partial charge is 0.444 e. The average Bonchev–Trinajstić information content (AvgIpc) is 2.94. The highest BCUT2D eigenvalue weighted by Crippen LogP contribution is 2.38. The molecule has 1 aliphatic carbocycles. The van der Waals surface area contributed by atoms with Gasteiger partial charge in [-0.3, -0.25) is 0 Å². The van der Waals surface area contributed by atoms with E-state index < -0.39 is 5.60 Å². The minimum absolute atomic E-state index is 0.151. The molecular weight excluding hydrogens is 300 g/mol. The molecule has 1 aromatic rings. The Bertz CT molecular complexity index is 553. The Labute approximate surface area is 145 Å². The molecule has 1 aromatic carbocycles. The smallest absolute Gasteiger partial charge is 0.410 e. The minimum Gasteiger partial charge on any atom is -0.444 e. The molecule has 1 saturated carbocycles. The fraction of sp³-hybridized carbons (Fsp3) is 0.650. The molecule has 0 radical (unpaired) electrons. The van der Waals surface area contributed by atoms with Gasteiger partial charge in [0.15, 0.2) is 0 Å². The van der Waals surface area contributed by atoms with Crippen LogP contribution in [0.25, 0.3) is 0 Å². The predicted octanol–water partition coefficient (Wildman–Crippen LogP) is 3.81. The fourth-order valence-corrected chi connectivity index (χ4v) is 4.00. The Morgan fingerprint density at radius 3 is 2.62 bits per heavy atom. The van der Waals surface area contributed by atoms with E-state index in [0.29, 0.717) is 12.0 Å². The molecule has 0 aromatic heterocycles. The van der Waals surface area contributed by atoms with Crippen molar-refractivity contribution in [3.63, 3.8) is 0 Å². The molecule has 0 unspecified atom stereocenters. The van der Waals surface area contributed by atoms with Crippen LogP contribution in [0.3, 0.4) is 0 Å². The van der Waals surface area contributed by atoms with Gasteiger partial charge in [-0.15, -0.1) is 0 Å². The van der Waals surface area contributed by atoms with E-state index in [1.807, 2.05) is 25.7 Å². The third-order valence-corrected chi connectivity index (χ3v) is 5.16. The summed E-state index contributed by atoms with van der Waals surface area (Å²) in [6.07, 6.45) is 3.35. The van der Waals surface area contributed by atoms with Gasteiger partial charge < -0.3 is 15.0 Å². The summed E-state index contributed by atoms with van der Waals surface area (Å²) in [4.78, 5) is 14.2. The molecule has 2 aliphatic rings. The number of ether oxygens (including phenoxy) is 1. The molecule has 4 nitrogen and oxygen atoms in total. The number of fused-ring (bicyclic) bond motifs is 1. The van der Waals surface area contributed by atoms with Crippen LogP contribution < -0.4 is 5.32 Å². The van der Waals surface area contributed by atoms with Crippen LogP contribution in [0.4, 0.5) is 4.79 Å². The summed E-state index contributed by atoms with van der Waals surface area (Å²) in [6.45, 7) is 8.40. The van der Waals surface area contributed by atoms with Crippen molar-refractivity contribution < 1.29 is 9.53 Å². The summed E-state index contributed by atoms with van der Waals surface area (Å²) in [5.74, 6) is 1.36. The van der Waals surface area contributed by atoms with Gasteiger partial charge in [0.25, 0.3) is 0 Å². The number of nitrogens with zero attached hydrogens (tertiary/aromatic N) is 1. The minimum atomic E-state index is -0.413. The molecule has 1 saturated heterocycles. The Morgan fingerprint density at radius 2 is 1.92 bits per heavy atom. The lowest BCUT2D eigenvalue weighted by molar-refractivity contribution is 0.0127. The van der Waals surface area contributed by atoms with Crippen LogP contribution in [0.15, 0.2) is 30.3 Å². The van der Waals surface area contributed by atoms with Crippen molar-refractivity contribution in [1.82, 2.24) is 10.2 Å². The Balaban J connectivity index is 1.48. The van der Waals surface area contributed by atoms with Crippen LogP contribution in [-0.4, -0.2) is 35.7 Å². The third kappa shape index (κ3) is 4.50. The van der Waals surface area contributed by atoms with Crippen LogP contribution >= 0.6 is 0 Å². The van der Waals surface area contributed by atoms with E-state index in [4.69, 9.17) is 4.74 Å². The maximum absolute atomic E-state index is 12.3. The van der Waals surface area contributed by atoms with Gasteiger partial charge in [0.05, 0.1) is 0 Å². The van der Waals surface area contributed by atoms with Crippen molar-refractivity contribution in [2.45, 2.75) is 58.2 Å². The Hall–Kier alpha value is -1.55. The number of hydrogen-bond acceptors (Lipinski definition) is 3. The highest BCUT2D eigenvalue weighted by molar-refractivity contribution is 5.68. The molecule has 1 amide bonds. The number of nitrogens with one attached hydrogen (secondary N) is 1. The molecule has 1 heterocycles.